The monoisotopic (exact) mass is 380 g/mol. The highest BCUT2D eigenvalue weighted by Gasteiger charge is 2.24. The standard InChI is InChI=1S/C11H16N2O.C7H16N4O2/c1-9-4-5-11(12-7-9)13-6-2-3-10(13)8-14;1-4(2)5(7(12)13)3-6(10-8)11-9/h4-5,7,10,14H,2-3,6,8H2,1H3;4-5H,3,8-9H2,1-2H3,(H,10,11)(H,12,13)/t10-;/m1./s1. The first-order valence-corrected chi connectivity index (χ1v) is 9.10. The fourth-order valence-corrected chi connectivity index (χ4v) is 2.92. The number of hydrazone groups is 1. The second kappa shape index (κ2) is 11.3. The molecule has 0 bridgehead atoms. The van der Waals surface area contributed by atoms with Gasteiger partial charge < -0.3 is 26.4 Å². The zero-order chi connectivity index (χ0) is 20.4. The van der Waals surface area contributed by atoms with Crippen LogP contribution in [0, 0.1) is 18.8 Å². The molecule has 0 radical (unpaired) electrons. The van der Waals surface area contributed by atoms with Gasteiger partial charge in [-0.25, -0.2) is 10.8 Å². The van der Waals surface area contributed by atoms with Crippen LogP contribution in [0.2, 0.25) is 0 Å². The molecule has 1 aliphatic rings. The van der Waals surface area contributed by atoms with Crippen LogP contribution in [0.25, 0.3) is 0 Å². The second-order valence-electron chi connectivity index (χ2n) is 6.98. The Kier molecular flexibility index (Phi) is 9.52. The molecule has 9 nitrogen and oxygen atoms in total. The molecule has 1 aliphatic heterocycles. The van der Waals surface area contributed by atoms with Gasteiger partial charge in [0.05, 0.1) is 18.6 Å². The maximum Gasteiger partial charge on any atom is 0.307 e. The lowest BCUT2D eigenvalue weighted by Crippen LogP contribution is -2.35. The van der Waals surface area contributed by atoms with Crippen LogP contribution in [0.15, 0.2) is 23.4 Å². The lowest BCUT2D eigenvalue weighted by atomic mass is 9.92. The molecule has 0 amide bonds. The van der Waals surface area contributed by atoms with E-state index in [0.717, 1.165) is 25.2 Å². The van der Waals surface area contributed by atoms with Crippen molar-refractivity contribution in [3.63, 3.8) is 0 Å². The summed E-state index contributed by atoms with van der Waals surface area (Å²) < 4.78 is 0. The number of nitrogens with one attached hydrogen (secondary N) is 1. The normalized spacial score (nSPS) is 18.1. The number of hydrogen-bond acceptors (Lipinski definition) is 7. The van der Waals surface area contributed by atoms with Crippen molar-refractivity contribution in [1.82, 2.24) is 10.4 Å². The van der Waals surface area contributed by atoms with Crippen LogP contribution in [0.3, 0.4) is 0 Å². The summed E-state index contributed by atoms with van der Waals surface area (Å²) in [5, 5.41) is 21.3. The van der Waals surface area contributed by atoms with Gasteiger partial charge in [0.2, 0.25) is 0 Å². The Labute approximate surface area is 160 Å². The highest BCUT2D eigenvalue weighted by Crippen LogP contribution is 2.23. The number of aliphatic hydroxyl groups is 1. The minimum Gasteiger partial charge on any atom is -0.481 e. The predicted octanol–water partition coefficient (Wildman–Crippen LogP) is 0.820. The van der Waals surface area contributed by atoms with E-state index in [-0.39, 0.29) is 25.0 Å². The summed E-state index contributed by atoms with van der Waals surface area (Å²) in [6, 6.07) is 4.36. The summed E-state index contributed by atoms with van der Waals surface area (Å²) in [5.74, 6) is 9.98. The van der Waals surface area contributed by atoms with Gasteiger partial charge in [-0.2, -0.15) is 5.10 Å². The molecule has 1 saturated heterocycles. The number of aliphatic hydroxyl groups excluding tert-OH is 1. The molecular weight excluding hydrogens is 348 g/mol. The minimum atomic E-state index is -0.869. The lowest BCUT2D eigenvalue weighted by molar-refractivity contribution is -0.142. The number of aryl methyl sites for hydroxylation is 1. The third-order valence-electron chi connectivity index (χ3n) is 4.64. The fraction of sp³-hybridized carbons (Fsp3) is 0.611. The molecule has 1 unspecified atom stereocenters. The molecule has 2 rings (SSSR count). The number of amidine groups is 1. The number of carboxylic acid groups (broad SMARTS) is 1. The molecule has 0 spiro atoms. The van der Waals surface area contributed by atoms with E-state index in [4.69, 9.17) is 16.8 Å². The van der Waals surface area contributed by atoms with Gasteiger partial charge in [-0.05, 0) is 37.3 Å². The average molecular weight is 380 g/mol. The number of hydrogen-bond donors (Lipinski definition) is 5. The van der Waals surface area contributed by atoms with Crippen LogP contribution in [-0.4, -0.2) is 46.2 Å². The minimum absolute atomic E-state index is 0.0163. The van der Waals surface area contributed by atoms with Crippen LogP contribution in [0.5, 0.6) is 0 Å². The summed E-state index contributed by atoms with van der Waals surface area (Å²) in [4.78, 5) is 17.3. The Morgan fingerprint density at radius 1 is 1.48 bits per heavy atom. The van der Waals surface area contributed by atoms with E-state index in [1.165, 1.54) is 5.56 Å². The SMILES string of the molecule is CC(C)C(C/C(=N/N)NN)C(=O)O.Cc1ccc(N2CCC[C@@H]2CO)nc1. The smallest absolute Gasteiger partial charge is 0.307 e. The number of nitrogens with zero attached hydrogens (tertiary/aromatic N) is 3. The Hall–Kier alpha value is -2.39. The van der Waals surface area contributed by atoms with Gasteiger partial charge in [-0.3, -0.25) is 4.79 Å². The zero-order valence-electron chi connectivity index (χ0n) is 16.3. The molecular formula is C18H32N6O3. The third-order valence-corrected chi connectivity index (χ3v) is 4.64. The van der Waals surface area contributed by atoms with Crippen molar-refractivity contribution >= 4 is 17.6 Å². The fourth-order valence-electron chi connectivity index (χ4n) is 2.92. The predicted molar refractivity (Wildman–Crippen MR) is 106 cm³/mol. The van der Waals surface area contributed by atoms with E-state index in [0.29, 0.717) is 5.84 Å². The van der Waals surface area contributed by atoms with E-state index < -0.39 is 11.9 Å². The van der Waals surface area contributed by atoms with Crippen LogP contribution in [0.1, 0.15) is 38.7 Å². The molecule has 0 aliphatic carbocycles. The summed E-state index contributed by atoms with van der Waals surface area (Å²) in [6.45, 7) is 6.92. The van der Waals surface area contributed by atoms with E-state index >= 15 is 0 Å². The summed E-state index contributed by atoms with van der Waals surface area (Å²) >= 11 is 0. The highest BCUT2D eigenvalue weighted by molar-refractivity contribution is 5.85. The second-order valence-corrected chi connectivity index (χ2v) is 6.98. The van der Waals surface area contributed by atoms with Gasteiger partial charge in [0.1, 0.15) is 11.7 Å². The number of aromatic nitrogens is 1. The van der Waals surface area contributed by atoms with E-state index in [9.17, 15) is 9.90 Å². The Bertz CT molecular complexity index is 606. The number of hydrazine groups is 1. The van der Waals surface area contributed by atoms with Crippen molar-refractivity contribution in [2.24, 2.45) is 28.6 Å². The van der Waals surface area contributed by atoms with E-state index in [1.54, 1.807) is 0 Å². The number of pyridine rings is 1. The Balaban J connectivity index is 0.000000271. The van der Waals surface area contributed by atoms with Crippen LogP contribution >= 0.6 is 0 Å². The van der Waals surface area contributed by atoms with Crippen molar-refractivity contribution in [2.45, 2.75) is 46.1 Å². The van der Waals surface area contributed by atoms with Crippen molar-refractivity contribution in [1.29, 1.82) is 0 Å². The van der Waals surface area contributed by atoms with Crippen molar-refractivity contribution in [3.05, 3.63) is 23.9 Å². The Morgan fingerprint density at radius 2 is 2.19 bits per heavy atom. The first-order valence-electron chi connectivity index (χ1n) is 9.10. The largest absolute Gasteiger partial charge is 0.481 e. The van der Waals surface area contributed by atoms with Crippen molar-refractivity contribution < 1.29 is 15.0 Å². The number of carbonyl (C=O) groups is 1. The Morgan fingerprint density at radius 3 is 2.63 bits per heavy atom. The molecule has 1 fully saturated rings. The molecule has 9 heteroatoms. The van der Waals surface area contributed by atoms with Gasteiger partial charge in [-0.15, -0.1) is 0 Å². The molecule has 0 saturated carbocycles. The molecule has 152 valence electrons. The first-order chi connectivity index (χ1) is 12.8. The quantitative estimate of drug-likeness (QED) is 0.211. The van der Waals surface area contributed by atoms with Gasteiger partial charge in [0, 0.05) is 19.2 Å². The first kappa shape index (κ1) is 22.7. The zero-order valence-corrected chi connectivity index (χ0v) is 16.3. The van der Waals surface area contributed by atoms with E-state index in [1.807, 2.05) is 33.0 Å². The highest BCUT2D eigenvalue weighted by atomic mass is 16.4. The summed E-state index contributed by atoms with van der Waals surface area (Å²) in [7, 11) is 0. The van der Waals surface area contributed by atoms with Crippen molar-refractivity contribution in [3.8, 4) is 0 Å². The molecule has 7 N–H and O–H groups in total. The van der Waals surface area contributed by atoms with Crippen LogP contribution in [-0.2, 0) is 4.79 Å². The van der Waals surface area contributed by atoms with Gasteiger partial charge in [0.25, 0.3) is 0 Å². The number of carboxylic acids is 1. The molecule has 2 atom stereocenters. The third kappa shape index (κ3) is 7.03. The maximum absolute atomic E-state index is 10.7. The number of nitrogens with two attached hydrogens (primary N) is 2. The average Bonchev–Trinajstić information content (AvgIpc) is 3.12. The van der Waals surface area contributed by atoms with Crippen LogP contribution < -0.4 is 22.0 Å². The van der Waals surface area contributed by atoms with Gasteiger partial charge in [-0.1, -0.05) is 19.9 Å². The van der Waals surface area contributed by atoms with Crippen LogP contribution in [0.4, 0.5) is 5.82 Å². The van der Waals surface area contributed by atoms with Crippen molar-refractivity contribution in [2.75, 3.05) is 18.1 Å². The molecule has 1 aromatic heterocycles. The molecule has 27 heavy (non-hydrogen) atoms. The maximum atomic E-state index is 10.7. The number of anilines is 1. The lowest BCUT2D eigenvalue weighted by Gasteiger charge is -2.23. The molecule has 2 heterocycles. The summed E-state index contributed by atoms with van der Waals surface area (Å²) in [6.07, 6.45) is 4.33. The topological polar surface area (TPSA) is 150 Å². The molecule has 1 aromatic rings. The van der Waals surface area contributed by atoms with Gasteiger partial charge >= 0.3 is 5.97 Å². The molecule has 0 aromatic carbocycles. The van der Waals surface area contributed by atoms with E-state index in [2.05, 4.69) is 26.5 Å². The summed E-state index contributed by atoms with van der Waals surface area (Å²) in [5.41, 5.74) is 3.43. The number of rotatable bonds is 6. The number of aliphatic carboxylic acids is 1. The van der Waals surface area contributed by atoms with Gasteiger partial charge in [0.15, 0.2) is 0 Å².